The number of hydrogen-bond acceptors (Lipinski definition) is 3. The molecule has 5 nitrogen and oxygen atoms in total. The first-order valence-electron chi connectivity index (χ1n) is 9.27. The van der Waals surface area contributed by atoms with Crippen LogP contribution in [-0.2, 0) is 16.0 Å². The molecule has 0 saturated heterocycles. The summed E-state index contributed by atoms with van der Waals surface area (Å²) in [5, 5.41) is 5.52. The molecule has 6 heteroatoms. The fourth-order valence-corrected chi connectivity index (χ4v) is 3.66. The predicted octanol–water partition coefficient (Wildman–Crippen LogP) is 3.74. The van der Waals surface area contributed by atoms with Crippen molar-refractivity contribution < 1.29 is 9.59 Å². The van der Waals surface area contributed by atoms with Gasteiger partial charge in [-0.2, -0.15) is 0 Å². The van der Waals surface area contributed by atoms with Gasteiger partial charge in [-0.1, -0.05) is 36.8 Å². The van der Waals surface area contributed by atoms with Crippen LogP contribution in [0, 0.1) is 0 Å². The summed E-state index contributed by atoms with van der Waals surface area (Å²) >= 11 is 3.39. The minimum absolute atomic E-state index is 0.0460. The summed E-state index contributed by atoms with van der Waals surface area (Å²) in [6.07, 6.45) is 4.47. The number of benzene rings is 2. The molecule has 1 aliphatic rings. The Morgan fingerprint density at radius 3 is 2.59 bits per heavy atom. The number of carbonyl (C=O) groups is 2. The number of anilines is 2. The van der Waals surface area contributed by atoms with E-state index in [1.54, 1.807) is 6.07 Å². The molecule has 1 heterocycles. The van der Waals surface area contributed by atoms with Crippen molar-refractivity contribution in [3.05, 3.63) is 58.6 Å². The SMILES string of the molecule is O=C(CN1CCCCCc2ccccc21)NCC(=O)Nc1ccccc1Br. The highest BCUT2D eigenvalue weighted by atomic mass is 79.9. The lowest BCUT2D eigenvalue weighted by Crippen LogP contribution is -2.41. The van der Waals surface area contributed by atoms with Crippen molar-refractivity contribution in [3.8, 4) is 0 Å². The number of nitrogens with one attached hydrogen (secondary N) is 2. The van der Waals surface area contributed by atoms with Gasteiger partial charge in [-0.05, 0) is 59.0 Å². The van der Waals surface area contributed by atoms with E-state index in [1.807, 2.05) is 30.3 Å². The van der Waals surface area contributed by atoms with Gasteiger partial charge in [0.25, 0.3) is 0 Å². The van der Waals surface area contributed by atoms with Crippen LogP contribution in [0.25, 0.3) is 0 Å². The number of halogens is 1. The Balaban J connectivity index is 1.54. The number of aryl methyl sites for hydroxylation is 1. The Morgan fingerprint density at radius 1 is 0.963 bits per heavy atom. The number of rotatable bonds is 5. The molecule has 2 aromatic carbocycles. The van der Waals surface area contributed by atoms with Crippen LogP contribution in [-0.4, -0.2) is 31.4 Å². The second-order valence-corrected chi connectivity index (χ2v) is 7.52. The normalized spacial score (nSPS) is 13.9. The van der Waals surface area contributed by atoms with E-state index in [2.05, 4.69) is 43.6 Å². The fraction of sp³-hybridized carbons (Fsp3) is 0.333. The third kappa shape index (κ3) is 5.57. The molecule has 0 aromatic heterocycles. The standard InChI is InChI=1S/C21H24BrN3O2/c22-17-10-4-5-11-18(17)24-20(26)14-23-21(27)15-25-13-7-1-2-8-16-9-3-6-12-19(16)25/h3-6,9-12H,1-2,7-8,13-15H2,(H,23,27)(H,24,26). The topological polar surface area (TPSA) is 61.4 Å². The van der Waals surface area contributed by atoms with Crippen molar-refractivity contribution >= 4 is 39.1 Å². The molecule has 27 heavy (non-hydrogen) atoms. The summed E-state index contributed by atoms with van der Waals surface area (Å²) in [5.41, 5.74) is 3.11. The summed E-state index contributed by atoms with van der Waals surface area (Å²) < 4.78 is 0.807. The predicted molar refractivity (Wildman–Crippen MR) is 112 cm³/mol. The zero-order chi connectivity index (χ0) is 19.1. The van der Waals surface area contributed by atoms with Crippen LogP contribution in [0.1, 0.15) is 24.8 Å². The van der Waals surface area contributed by atoms with E-state index in [0.29, 0.717) is 5.69 Å². The number of para-hydroxylation sites is 2. The van der Waals surface area contributed by atoms with Gasteiger partial charge >= 0.3 is 0 Å². The summed E-state index contributed by atoms with van der Waals surface area (Å²) in [6.45, 7) is 1.07. The lowest BCUT2D eigenvalue weighted by Gasteiger charge is -2.28. The molecule has 2 amide bonds. The molecule has 0 unspecified atom stereocenters. The zero-order valence-corrected chi connectivity index (χ0v) is 16.8. The first kappa shape index (κ1) is 19.4. The molecule has 0 fully saturated rings. The van der Waals surface area contributed by atoms with Crippen molar-refractivity contribution in [1.29, 1.82) is 0 Å². The first-order chi connectivity index (χ1) is 13.1. The molecule has 2 N–H and O–H groups in total. The molecule has 0 saturated carbocycles. The van der Waals surface area contributed by atoms with Crippen LogP contribution in [0.3, 0.4) is 0 Å². The van der Waals surface area contributed by atoms with Crippen molar-refractivity contribution in [2.45, 2.75) is 25.7 Å². The Hall–Kier alpha value is -2.34. The molecule has 0 aliphatic carbocycles. The number of carbonyl (C=O) groups excluding carboxylic acids is 2. The van der Waals surface area contributed by atoms with Crippen LogP contribution in [0.2, 0.25) is 0 Å². The van der Waals surface area contributed by atoms with Crippen molar-refractivity contribution in [1.82, 2.24) is 5.32 Å². The van der Waals surface area contributed by atoms with Crippen molar-refractivity contribution in [2.75, 3.05) is 29.9 Å². The van der Waals surface area contributed by atoms with Crippen LogP contribution in [0.5, 0.6) is 0 Å². The van der Waals surface area contributed by atoms with Gasteiger partial charge < -0.3 is 15.5 Å². The summed E-state index contributed by atoms with van der Waals surface area (Å²) in [6, 6.07) is 15.7. The van der Waals surface area contributed by atoms with E-state index in [9.17, 15) is 9.59 Å². The van der Waals surface area contributed by atoms with Gasteiger partial charge in [0.05, 0.1) is 18.8 Å². The molecule has 0 spiro atoms. The minimum atomic E-state index is -0.247. The smallest absolute Gasteiger partial charge is 0.243 e. The molecule has 1 aliphatic heterocycles. The molecule has 0 radical (unpaired) electrons. The van der Waals surface area contributed by atoms with Crippen LogP contribution in [0.4, 0.5) is 11.4 Å². The number of hydrogen-bond donors (Lipinski definition) is 2. The molecule has 0 atom stereocenters. The maximum Gasteiger partial charge on any atom is 0.243 e. The first-order valence-corrected chi connectivity index (χ1v) is 10.1. The van der Waals surface area contributed by atoms with Crippen molar-refractivity contribution in [3.63, 3.8) is 0 Å². The molecular formula is C21H24BrN3O2. The van der Waals surface area contributed by atoms with E-state index in [-0.39, 0.29) is 24.9 Å². The lowest BCUT2D eigenvalue weighted by atomic mass is 10.0. The average molecular weight is 430 g/mol. The summed E-state index contributed by atoms with van der Waals surface area (Å²) in [7, 11) is 0. The Kier molecular flexibility index (Phi) is 6.87. The third-order valence-electron chi connectivity index (χ3n) is 4.63. The van der Waals surface area contributed by atoms with Gasteiger partial charge in [-0.3, -0.25) is 9.59 Å². The van der Waals surface area contributed by atoms with E-state index in [4.69, 9.17) is 0 Å². The van der Waals surface area contributed by atoms with Gasteiger partial charge in [0, 0.05) is 16.7 Å². The highest BCUT2D eigenvalue weighted by molar-refractivity contribution is 9.10. The second kappa shape index (κ2) is 9.55. The monoisotopic (exact) mass is 429 g/mol. The van der Waals surface area contributed by atoms with E-state index in [1.165, 1.54) is 18.4 Å². The van der Waals surface area contributed by atoms with Gasteiger partial charge in [-0.15, -0.1) is 0 Å². The van der Waals surface area contributed by atoms with E-state index < -0.39 is 0 Å². The molecule has 0 bridgehead atoms. The average Bonchev–Trinajstić information content (AvgIpc) is 2.65. The maximum atomic E-state index is 12.4. The van der Waals surface area contributed by atoms with Gasteiger partial charge in [0.15, 0.2) is 0 Å². The van der Waals surface area contributed by atoms with Gasteiger partial charge in [-0.25, -0.2) is 0 Å². The van der Waals surface area contributed by atoms with Crippen molar-refractivity contribution in [2.24, 2.45) is 0 Å². The summed E-state index contributed by atoms with van der Waals surface area (Å²) in [5.74, 6) is -0.393. The minimum Gasteiger partial charge on any atom is -0.362 e. The number of fused-ring (bicyclic) bond motifs is 1. The molecule has 142 valence electrons. The number of amides is 2. The largest absolute Gasteiger partial charge is 0.362 e. The number of nitrogens with zero attached hydrogens (tertiary/aromatic N) is 1. The molecular weight excluding hydrogens is 406 g/mol. The zero-order valence-electron chi connectivity index (χ0n) is 15.2. The highest BCUT2D eigenvalue weighted by Gasteiger charge is 2.17. The third-order valence-corrected chi connectivity index (χ3v) is 5.33. The molecule has 3 rings (SSSR count). The quantitative estimate of drug-likeness (QED) is 0.760. The second-order valence-electron chi connectivity index (χ2n) is 6.67. The summed E-state index contributed by atoms with van der Waals surface area (Å²) in [4.78, 5) is 26.6. The molecule has 2 aromatic rings. The van der Waals surface area contributed by atoms with E-state index >= 15 is 0 Å². The van der Waals surface area contributed by atoms with Gasteiger partial charge in [0.2, 0.25) is 11.8 Å². The van der Waals surface area contributed by atoms with Gasteiger partial charge in [0.1, 0.15) is 0 Å². The fourth-order valence-electron chi connectivity index (χ4n) is 3.28. The maximum absolute atomic E-state index is 12.4. The van der Waals surface area contributed by atoms with Crippen LogP contribution < -0.4 is 15.5 Å². The van der Waals surface area contributed by atoms with Crippen LogP contribution >= 0.6 is 15.9 Å². The Morgan fingerprint density at radius 2 is 1.74 bits per heavy atom. The highest BCUT2D eigenvalue weighted by Crippen LogP contribution is 2.25. The Labute approximate surface area is 168 Å². The van der Waals surface area contributed by atoms with Crippen LogP contribution in [0.15, 0.2) is 53.0 Å². The Bertz CT molecular complexity index is 810. The lowest BCUT2D eigenvalue weighted by molar-refractivity contribution is -0.123. The van der Waals surface area contributed by atoms with E-state index in [0.717, 1.165) is 29.5 Å².